The molecule has 35 heavy (non-hydrogen) atoms. The minimum atomic E-state index is -1.25. The highest BCUT2D eigenvalue weighted by Gasteiger charge is 2.45. The first-order valence-electron chi connectivity index (χ1n) is 11.4. The van der Waals surface area contributed by atoms with Crippen LogP contribution in [0.5, 0.6) is 5.75 Å². The van der Waals surface area contributed by atoms with Crippen LogP contribution in [0.15, 0.2) is 115 Å². The lowest BCUT2D eigenvalue weighted by Crippen LogP contribution is -2.52. The van der Waals surface area contributed by atoms with Gasteiger partial charge in [-0.2, -0.15) is 0 Å². The number of carboxylic acids is 1. The van der Waals surface area contributed by atoms with Crippen molar-refractivity contribution in [2.75, 3.05) is 7.11 Å². The Balaban J connectivity index is 1.84. The SMILES string of the molecule is COc1ccccc1C[C@@H](NC(=O)C(c1ccccc1)(c1ccccc1)c1ccccc1)C(=O)O. The zero-order valence-corrected chi connectivity index (χ0v) is 19.4. The number of benzene rings is 4. The summed E-state index contributed by atoms with van der Waals surface area (Å²) in [5.74, 6) is -0.954. The van der Waals surface area contributed by atoms with Crippen LogP contribution >= 0.6 is 0 Å². The number of hydrogen-bond donors (Lipinski definition) is 2. The number of amides is 1. The van der Waals surface area contributed by atoms with Crippen LogP contribution in [0.3, 0.4) is 0 Å². The van der Waals surface area contributed by atoms with E-state index in [1.807, 2.05) is 103 Å². The second kappa shape index (κ2) is 10.7. The number of hydrogen-bond acceptors (Lipinski definition) is 3. The quantitative estimate of drug-likeness (QED) is 0.347. The second-order valence-electron chi connectivity index (χ2n) is 8.23. The summed E-state index contributed by atoms with van der Waals surface area (Å²) in [7, 11) is 1.54. The highest BCUT2D eigenvalue weighted by Crippen LogP contribution is 2.39. The summed E-state index contributed by atoms with van der Waals surface area (Å²) in [5, 5.41) is 12.9. The van der Waals surface area contributed by atoms with E-state index in [0.29, 0.717) is 11.3 Å². The standard InChI is InChI=1S/C30H27NO4/c1-35-27-20-12-11-13-22(27)21-26(28(32)33)31-29(34)30(23-14-5-2-6-15-23,24-16-7-3-8-17-24)25-18-9-4-10-19-25/h2-20,26H,21H2,1H3,(H,31,34)(H,32,33)/t26-/m1/s1. The van der Waals surface area contributed by atoms with E-state index in [4.69, 9.17) is 4.74 Å². The van der Waals surface area contributed by atoms with Gasteiger partial charge in [-0.3, -0.25) is 4.79 Å². The molecule has 0 unspecified atom stereocenters. The molecule has 1 amide bonds. The number of carboxylic acid groups (broad SMARTS) is 1. The highest BCUT2D eigenvalue weighted by atomic mass is 16.5. The minimum Gasteiger partial charge on any atom is -0.496 e. The molecule has 0 saturated carbocycles. The number of para-hydroxylation sites is 1. The smallest absolute Gasteiger partial charge is 0.326 e. The molecule has 0 saturated heterocycles. The molecule has 0 aliphatic carbocycles. The number of methoxy groups -OCH3 is 1. The van der Waals surface area contributed by atoms with Crippen LogP contribution in [0.2, 0.25) is 0 Å². The Morgan fingerprint density at radius 1 is 0.743 bits per heavy atom. The van der Waals surface area contributed by atoms with Gasteiger partial charge < -0.3 is 15.2 Å². The first-order chi connectivity index (χ1) is 17.1. The van der Waals surface area contributed by atoms with E-state index < -0.39 is 23.3 Å². The topological polar surface area (TPSA) is 75.6 Å². The van der Waals surface area contributed by atoms with Gasteiger partial charge in [-0.05, 0) is 28.3 Å². The molecule has 0 bridgehead atoms. The third-order valence-corrected chi connectivity index (χ3v) is 6.18. The number of ether oxygens (including phenoxy) is 1. The van der Waals surface area contributed by atoms with E-state index in [1.54, 1.807) is 19.2 Å². The Hall–Kier alpha value is -4.38. The third-order valence-electron chi connectivity index (χ3n) is 6.18. The molecule has 5 nitrogen and oxygen atoms in total. The lowest BCUT2D eigenvalue weighted by Gasteiger charge is -2.35. The number of aliphatic carboxylic acids is 1. The molecule has 0 aliphatic heterocycles. The van der Waals surface area contributed by atoms with Crippen molar-refractivity contribution in [2.45, 2.75) is 17.9 Å². The summed E-state index contributed by atoms with van der Waals surface area (Å²) in [6, 6.07) is 34.4. The normalized spacial score (nSPS) is 11.9. The average Bonchev–Trinajstić information content (AvgIpc) is 2.91. The van der Waals surface area contributed by atoms with E-state index in [1.165, 1.54) is 0 Å². The molecule has 4 aromatic carbocycles. The predicted octanol–water partition coefficient (Wildman–Crippen LogP) is 4.84. The largest absolute Gasteiger partial charge is 0.496 e. The zero-order chi connectivity index (χ0) is 24.7. The molecule has 0 spiro atoms. The number of nitrogens with one attached hydrogen (secondary N) is 1. The van der Waals surface area contributed by atoms with Crippen molar-refractivity contribution in [1.29, 1.82) is 0 Å². The summed E-state index contributed by atoms with van der Waals surface area (Å²) in [5.41, 5.74) is 1.69. The molecular formula is C30H27NO4. The Morgan fingerprint density at radius 3 is 1.60 bits per heavy atom. The maximum atomic E-state index is 14.3. The Bertz CT molecular complexity index is 1180. The summed E-state index contributed by atoms with van der Waals surface area (Å²) in [4.78, 5) is 26.6. The first kappa shape index (κ1) is 23.8. The molecule has 0 fully saturated rings. The summed E-state index contributed by atoms with van der Waals surface area (Å²) in [6.07, 6.45) is 0.0829. The maximum absolute atomic E-state index is 14.3. The van der Waals surface area contributed by atoms with Gasteiger partial charge in [0.1, 0.15) is 17.2 Å². The number of carbonyl (C=O) groups is 2. The van der Waals surface area contributed by atoms with Gasteiger partial charge in [-0.15, -0.1) is 0 Å². The fourth-order valence-corrected chi connectivity index (χ4v) is 4.52. The van der Waals surface area contributed by atoms with Crippen molar-refractivity contribution in [3.8, 4) is 5.75 Å². The second-order valence-corrected chi connectivity index (χ2v) is 8.23. The van der Waals surface area contributed by atoms with Crippen LogP contribution in [0.25, 0.3) is 0 Å². The van der Waals surface area contributed by atoms with E-state index in [2.05, 4.69) is 5.32 Å². The Morgan fingerprint density at radius 2 is 1.17 bits per heavy atom. The summed E-state index contributed by atoms with van der Waals surface area (Å²) < 4.78 is 5.40. The summed E-state index contributed by atoms with van der Waals surface area (Å²) >= 11 is 0. The van der Waals surface area contributed by atoms with Crippen molar-refractivity contribution >= 4 is 11.9 Å². The minimum absolute atomic E-state index is 0.0829. The highest BCUT2D eigenvalue weighted by molar-refractivity contribution is 5.98. The van der Waals surface area contributed by atoms with E-state index in [9.17, 15) is 14.7 Å². The fraction of sp³-hybridized carbons (Fsp3) is 0.133. The van der Waals surface area contributed by atoms with Crippen molar-refractivity contribution in [2.24, 2.45) is 0 Å². The van der Waals surface area contributed by atoms with Gasteiger partial charge in [0.25, 0.3) is 0 Å². The van der Waals surface area contributed by atoms with Gasteiger partial charge in [-0.1, -0.05) is 109 Å². The third kappa shape index (κ3) is 4.80. The molecule has 176 valence electrons. The van der Waals surface area contributed by atoms with E-state index in [0.717, 1.165) is 16.7 Å². The van der Waals surface area contributed by atoms with Crippen molar-refractivity contribution < 1.29 is 19.4 Å². The van der Waals surface area contributed by atoms with Crippen molar-refractivity contribution in [1.82, 2.24) is 5.32 Å². The first-order valence-corrected chi connectivity index (χ1v) is 11.4. The monoisotopic (exact) mass is 465 g/mol. The van der Waals surface area contributed by atoms with E-state index >= 15 is 0 Å². The Kier molecular flexibility index (Phi) is 7.27. The molecule has 0 radical (unpaired) electrons. The molecule has 4 aromatic rings. The molecule has 0 aliphatic rings. The van der Waals surface area contributed by atoms with Gasteiger partial charge in [0.2, 0.25) is 5.91 Å². The predicted molar refractivity (Wildman–Crippen MR) is 135 cm³/mol. The fourth-order valence-electron chi connectivity index (χ4n) is 4.52. The van der Waals surface area contributed by atoms with E-state index in [-0.39, 0.29) is 6.42 Å². The van der Waals surface area contributed by atoms with Crippen LogP contribution in [0.1, 0.15) is 22.3 Å². The zero-order valence-electron chi connectivity index (χ0n) is 19.4. The molecule has 0 heterocycles. The molecular weight excluding hydrogens is 438 g/mol. The van der Waals surface area contributed by atoms with Gasteiger partial charge in [0, 0.05) is 6.42 Å². The summed E-state index contributed by atoms with van der Waals surface area (Å²) in [6.45, 7) is 0. The van der Waals surface area contributed by atoms with Crippen LogP contribution in [-0.4, -0.2) is 30.1 Å². The maximum Gasteiger partial charge on any atom is 0.326 e. The lowest BCUT2D eigenvalue weighted by atomic mass is 9.68. The van der Waals surface area contributed by atoms with Crippen molar-refractivity contribution in [3.63, 3.8) is 0 Å². The van der Waals surface area contributed by atoms with Crippen LogP contribution in [-0.2, 0) is 21.4 Å². The lowest BCUT2D eigenvalue weighted by molar-refractivity contribution is -0.142. The van der Waals surface area contributed by atoms with Crippen LogP contribution in [0, 0.1) is 0 Å². The van der Waals surface area contributed by atoms with Gasteiger partial charge in [0.05, 0.1) is 7.11 Å². The molecule has 1 atom stereocenters. The molecule has 0 aromatic heterocycles. The molecule has 5 heteroatoms. The van der Waals surface area contributed by atoms with Gasteiger partial charge in [-0.25, -0.2) is 4.79 Å². The van der Waals surface area contributed by atoms with Crippen LogP contribution in [0.4, 0.5) is 0 Å². The number of rotatable bonds is 9. The average molecular weight is 466 g/mol. The molecule has 2 N–H and O–H groups in total. The Labute approximate surface area is 205 Å². The van der Waals surface area contributed by atoms with Gasteiger partial charge in [0.15, 0.2) is 0 Å². The van der Waals surface area contributed by atoms with Crippen molar-refractivity contribution in [3.05, 3.63) is 138 Å². The number of carbonyl (C=O) groups excluding carboxylic acids is 1. The van der Waals surface area contributed by atoms with Gasteiger partial charge >= 0.3 is 5.97 Å². The van der Waals surface area contributed by atoms with Crippen LogP contribution < -0.4 is 10.1 Å². The molecule has 4 rings (SSSR count).